The first-order valence-corrected chi connectivity index (χ1v) is 6.09. The molecule has 0 fully saturated rings. The van der Waals surface area contributed by atoms with E-state index in [1.165, 1.54) is 6.07 Å². The second kappa shape index (κ2) is 6.14. The SMILES string of the molecule is CCOc1cccc(NC(=O)c2ccc(F)c(F)c2)c1. The highest BCUT2D eigenvalue weighted by molar-refractivity contribution is 6.04. The number of ether oxygens (including phenoxy) is 1. The van der Waals surface area contributed by atoms with E-state index in [0.29, 0.717) is 18.0 Å². The van der Waals surface area contributed by atoms with Gasteiger partial charge >= 0.3 is 0 Å². The molecule has 104 valence electrons. The minimum atomic E-state index is -1.05. The number of hydrogen-bond acceptors (Lipinski definition) is 2. The molecule has 0 unspecified atom stereocenters. The van der Waals surface area contributed by atoms with Crippen LogP contribution in [0.2, 0.25) is 0 Å². The minimum Gasteiger partial charge on any atom is -0.494 e. The molecular weight excluding hydrogens is 264 g/mol. The third-order valence-electron chi connectivity index (χ3n) is 2.58. The van der Waals surface area contributed by atoms with E-state index >= 15 is 0 Å². The van der Waals surface area contributed by atoms with E-state index in [2.05, 4.69) is 5.32 Å². The third-order valence-corrected chi connectivity index (χ3v) is 2.58. The molecule has 0 saturated carbocycles. The van der Waals surface area contributed by atoms with Crippen molar-refractivity contribution in [3.63, 3.8) is 0 Å². The first-order valence-electron chi connectivity index (χ1n) is 6.09. The van der Waals surface area contributed by atoms with Crippen LogP contribution in [0.4, 0.5) is 14.5 Å². The lowest BCUT2D eigenvalue weighted by Crippen LogP contribution is -2.12. The van der Waals surface area contributed by atoms with Crippen LogP contribution in [0.3, 0.4) is 0 Å². The molecule has 0 aliphatic rings. The van der Waals surface area contributed by atoms with Crippen molar-refractivity contribution in [3.05, 3.63) is 59.7 Å². The Morgan fingerprint density at radius 1 is 1.15 bits per heavy atom. The number of anilines is 1. The van der Waals surface area contributed by atoms with E-state index in [9.17, 15) is 13.6 Å². The second-order valence-corrected chi connectivity index (χ2v) is 4.04. The van der Waals surface area contributed by atoms with Crippen molar-refractivity contribution in [2.75, 3.05) is 11.9 Å². The van der Waals surface area contributed by atoms with Gasteiger partial charge in [-0.3, -0.25) is 4.79 Å². The average molecular weight is 277 g/mol. The molecule has 20 heavy (non-hydrogen) atoms. The Labute approximate surface area is 115 Å². The van der Waals surface area contributed by atoms with E-state index in [-0.39, 0.29) is 5.56 Å². The van der Waals surface area contributed by atoms with Gasteiger partial charge in [-0.15, -0.1) is 0 Å². The van der Waals surface area contributed by atoms with Crippen molar-refractivity contribution in [1.82, 2.24) is 0 Å². The van der Waals surface area contributed by atoms with E-state index in [1.807, 2.05) is 6.92 Å². The summed E-state index contributed by atoms with van der Waals surface area (Å²) in [7, 11) is 0. The number of carbonyl (C=O) groups is 1. The summed E-state index contributed by atoms with van der Waals surface area (Å²) in [4.78, 5) is 11.9. The molecule has 2 rings (SSSR count). The topological polar surface area (TPSA) is 38.3 Å². The summed E-state index contributed by atoms with van der Waals surface area (Å²) in [5, 5.41) is 2.60. The first-order chi connectivity index (χ1) is 9.60. The van der Waals surface area contributed by atoms with Gasteiger partial charge in [0.25, 0.3) is 5.91 Å². The van der Waals surface area contributed by atoms with Crippen LogP contribution in [-0.4, -0.2) is 12.5 Å². The van der Waals surface area contributed by atoms with E-state index < -0.39 is 17.5 Å². The molecule has 0 heterocycles. The van der Waals surface area contributed by atoms with Crippen molar-refractivity contribution in [2.24, 2.45) is 0 Å². The van der Waals surface area contributed by atoms with Crippen LogP contribution in [0.15, 0.2) is 42.5 Å². The zero-order valence-electron chi connectivity index (χ0n) is 10.8. The van der Waals surface area contributed by atoms with Gasteiger partial charge in [0.15, 0.2) is 11.6 Å². The van der Waals surface area contributed by atoms with Crippen LogP contribution in [0.25, 0.3) is 0 Å². The highest BCUT2D eigenvalue weighted by atomic mass is 19.2. The molecular formula is C15H13F2NO2. The normalized spacial score (nSPS) is 10.2. The van der Waals surface area contributed by atoms with Crippen LogP contribution in [0.5, 0.6) is 5.75 Å². The quantitative estimate of drug-likeness (QED) is 0.927. The highest BCUT2D eigenvalue weighted by Crippen LogP contribution is 2.18. The van der Waals surface area contributed by atoms with Crippen LogP contribution in [-0.2, 0) is 0 Å². The van der Waals surface area contributed by atoms with Crippen LogP contribution in [0.1, 0.15) is 17.3 Å². The first kappa shape index (κ1) is 14.0. The van der Waals surface area contributed by atoms with Gasteiger partial charge in [-0.2, -0.15) is 0 Å². The number of carbonyl (C=O) groups excluding carboxylic acids is 1. The molecule has 0 bridgehead atoms. The van der Waals surface area contributed by atoms with Crippen molar-refractivity contribution in [2.45, 2.75) is 6.92 Å². The summed E-state index contributed by atoms with van der Waals surface area (Å²) in [6.07, 6.45) is 0. The molecule has 0 aliphatic heterocycles. The zero-order chi connectivity index (χ0) is 14.5. The summed E-state index contributed by atoms with van der Waals surface area (Å²) >= 11 is 0. The Balaban J connectivity index is 2.14. The summed E-state index contributed by atoms with van der Waals surface area (Å²) in [6.45, 7) is 2.37. The van der Waals surface area contributed by atoms with E-state index in [1.54, 1.807) is 24.3 Å². The van der Waals surface area contributed by atoms with Crippen molar-refractivity contribution < 1.29 is 18.3 Å². The highest BCUT2D eigenvalue weighted by Gasteiger charge is 2.10. The maximum atomic E-state index is 13.1. The number of nitrogens with one attached hydrogen (secondary N) is 1. The fourth-order valence-electron chi connectivity index (χ4n) is 1.67. The maximum absolute atomic E-state index is 13.1. The fourth-order valence-corrected chi connectivity index (χ4v) is 1.67. The molecule has 2 aromatic carbocycles. The van der Waals surface area contributed by atoms with Crippen molar-refractivity contribution >= 4 is 11.6 Å². The summed E-state index contributed by atoms with van der Waals surface area (Å²) in [5.41, 5.74) is 0.566. The van der Waals surface area contributed by atoms with Gasteiger partial charge in [0.1, 0.15) is 5.75 Å². The van der Waals surface area contributed by atoms with E-state index in [4.69, 9.17) is 4.74 Å². The smallest absolute Gasteiger partial charge is 0.255 e. The fraction of sp³-hybridized carbons (Fsp3) is 0.133. The maximum Gasteiger partial charge on any atom is 0.255 e. The molecule has 1 amide bonds. The van der Waals surface area contributed by atoms with Gasteiger partial charge in [0, 0.05) is 17.3 Å². The summed E-state index contributed by atoms with van der Waals surface area (Å²) in [6, 6.07) is 9.82. The molecule has 0 aliphatic carbocycles. The number of benzene rings is 2. The molecule has 0 atom stereocenters. The Morgan fingerprint density at radius 2 is 1.95 bits per heavy atom. The molecule has 0 saturated heterocycles. The molecule has 0 radical (unpaired) electrons. The Bertz CT molecular complexity index is 629. The molecule has 1 N–H and O–H groups in total. The molecule has 5 heteroatoms. The monoisotopic (exact) mass is 277 g/mol. The van der Waals surface area contributed by atoms with Gasteiger partial charge in [-0.05, 0) is 37.3 Å². The van der Waals surface area contributed by atoms with Crippen molar-refractivity contribution in [3.8, 4) is 5.75 Å². The van der Waals surface area contributed by atoms with E-state index in [0.717, 1.165) is 12.1 Å². The van der Waals surface area contributed by atoms with Crippen molar-refractivity contribution in [1.29, 1.82) is 0 Å². The lowest BCUT2D eigenvalue weighted by atomic mass is 10.2. The molecule has 2 aromatic rings. The Morgan fingerprint density at radius 3 is 2.65 bits per heavy atom. The second-order valence-electron chi connectivity index (χ2n) is 4.04. The van der Waals surface area contributed by atoms with Gasteiger partial charge in [-0.25, -0.2) is 8.78 Å². The predicted octanol–water partition coefficient (Wildman–Crippen LogP) is 3.62. The van der Waals surface area contributed by atoms with Crippen LogP contribution >= 0.6 is 0 Å². The van der Waals surface area contributed by atoms with Crippen LogP contribution < -0.4 is 10.1 Å². The van der Waals surface area contributed by atoms with Gasteiger partial charge in [-0.1, -0.05) is 6.07 Å². The number of hydrogen-bond donors (Lipinski definition) is 1. The molecule has 0 aromatic heterocycles. The average Bonchev–Trinajstić information content (AvgIpc) is 2.42. The Kier molecular flexibility index (Phi) is 4.30. The predicted molar refractivity (Wildman–Crippen MR) is 71.9 cm³/mol. The minimum absolute atomic E-state index is 0.0470. The number of amides is 1. The summed E-state index contributed by atoms with van der Waals surface area (Å²) < 4.78 is 31.2. The van der Waals surface area contributed by atoms with Gasteiger partial charge < -0.3 is 10.1 Å². The lowest BCUT2D eigenvalue weighted by molar-refractivity contribution is 0.102. The lowest BCUT2D eigenvalue weighted by Gasteiger charge is -2.08. The number of rotatable bonds is 4. The van der Waals surface area contributed by atoms with Gasteiger partial charge in [0.05, 0.1) is 6.61 Å². The largest absolute Gasteiger partial charge is 0.494 e. The summed E-state index contributed by atoms with van der Waals surface area (Å²) in [5.74, 6) is -1.94. The standard InChI is InChI=1S/C15H13F2NO2/c1-2-20-12-5-3-4-11(9-12)18-15(19)10-6-7-13(16)14(17)8-10/h3-9H,2H2,1H3,(H,18,19). The third kappa shape index (κ3) is 3.32. The van der Waals surface area contributed by atoms with Crippen LogP contribution in [0, 0.1) is 11.6 Å². The zero-order valence-corrected chi connectivity index (χ0v) is 10.8. The molecule has 0 spiro atoms. The van der Waals surface area contributed by atoms with Gasteiger partial charge in [0.2, 0.25) is 0 Å². The number of halogens is 2. The Hall–Kier alpha value is -2.43. The molecule has 3 nitrogen and oxygen atoms in total.